The number of benzene rings is 3. The van der Waals surface area contributed by atoms with Gasteiger partial charge < -0.3 is 10.4 Å². The summed E-state index contributed by atoms with van der Waals surface area (Å²) in [5.41, 5.74) is 4.83. The molecule has 4 aromatic rings. The van der Waals surface area contributed by atoms with Crippen molar-refractivity contribution in [3.63, 3.8) is 0 Å². The van der Waals surface area contributed by atoms with Gasteiger partial charge in [-0.05, 0) is 16.7 Å². The van der Waals surface area contributed by atoms with E-state index in [4.69, 9.17) is 0 Å². The van der Waals surface area contributed by atoms with Crippen LogP contribution in [0.1, 0.15) is 16.7 Å². The van der Waals surface area contributed by atoms with Crippen molar-refractivity contribution in [2.75, 3.05) is 5.32 Å². The first-order valence-electron chi connectivity index (χ1n) is 10.4. The first kappa shape index (κ1) is 21.0. The van der Waals surface area contributed by atoms with Crippen LogP contribution in [0.25, 0.3) is 23.4 Å². The summed E-state index contributed by atoms with van der Waals surface area (Å²) in [6.07, 6.45) is 5.94. The van der Waals surface area contributed by atoms with Crippen LogP contribution in [0.2, 0.25) is 0 Å². The number of hydrogen-bond acceptors (Lipinski definition) is 4. The van der Waals surface area contributed by atoms with E-state index in [0.29, 0.717) is 12.2 Å². The van der Waals surface area contributed by atoms with Crippen molar-refractivity contribution in [2.45, 2.75) is 12.5 Å². The number of carboxylic acid groups (broad SMARTS) is 1. The van der Waals surface area contributed by atoms with Gasteiger partial charge in [-0.1, -0.05) is 97.1 Å². The van der Waals surface area contributed by atoms with E-state index in [9.17, 15) is 9.90 Å². The second-order valence-electron chi connectivity index (χ2n) is 7.38. The summed E-state index contributed by atoms with van der Waals surface area (Å²) in [5, 5.41) is 12.7. The third-order valence-electron chi connectivity index (χ3n) is 5.04. The predicted octanol–water partition coefficient (Wildman–Crippen LogP) is 5.42. The smallest absolute Gasteiger partial charge is 0.326 e. The zero-order valence-electron chi connectivity index (χ0n) is 17.4. The van der Waals surface area contributed by atoms with E-state index in [2.05, 4.69) is 39.6 Å². The lowest BCUT2D eigenvalue weighted by Crippen LogP contribution is -2.31. The highest BCUT2D eigenvalue weighted by molar-refractivity contribution is 5.78. The van der Waals surface area contributed by atoms with Gasteiger partial charge in [0.25, 0.3) is 0 Å². The molecule has 3 aromatic carbocycles. The predicted molar refractivity (Wildman–Crippen MR) is 128 cm³/mol. The van der Waals surface area contributed by atoms with Crippen LogP contribution in [0.5, 0.6) is 0 Å². The number of carbonyl (C=O) groups is 1. The lowest BCUT2D eigenvalue weighted by Gasteiger charge is -2.15. The molecule has 0 fully saturated rings. The molecule has 0 aliphatic heterocycles. The second-order valence-corrected chi connectivity index (χ2v) is 7.38. The third kappa shape index (κ3) is 5.67. The van der Waals surface area contributed by atoms with Gasteiger partial charge in [0.2, 0.25) is 0 Å². The van der Waals surface area contributed by atoms with Crippen molar-refractivity contribution in [1.29, 1.82) is 0 Å². The fraction of sp³-hybridized carbons (Fsp3) is 0.0741. The van der Waals surface area contributed by atoms with E-state index in [0.717, 1.165) is 27.9 Å². The normalized spacial score (nSPS) is 11.9. The zero-order valence-corrected chi connectivity index (χ0v) is 17.4. The fourth-order valence-corrected chi connectivity index (χ4v) is 3.34. The molecule has 1 heterocycles. The van der Waals surface area contributed by atoms with Gasteiger partial charge in [-0.2, -0.15) is 0 Å². The van der Waals surface area contributed by atoms with Crippen LogP contribution in [-0.2, 0) is 11.2 Å². The van der Waals surface area contributed by atoms with Crippen LogP contribution < -0.4 is 5.32 Å². The van der Waals surface area contributed by atoms with Crippen LogP contribution in [0.3, 0.4) is 0 Å². The van der Waals surface area contributed by atoms with Crippen molar-refractivity contribution < 1.29 is 9.90 Å². The molecule has 0 saturated heterocycles. The molecule has 0 aliphatic carbocycles. The summed E-state index contributed by atoms with van der Waals surface area (Å²) >= 11 is 0. The van der Waals surface area contributed by atoms with E-state index in [1.165, 1.54) is 6.33 Å². The average molecular weight is 422 g/mol. The molecule has 5 nitrogen and oxygen atoms in total. The van der Waals surface area contributed by atoms with Crippen molar-refractivity contribution in [3.05, 3.63) is 114 Å². The summed E-state index contributed by atoms with van der Waals surface area (Å²) in [5.74, 6) is -0.449. The Morgan fingerprint density at radius 1 is 0.844 bits per heavy atom. The van der Waals surface area contributed by atoms with Gasteiger partial charge in [-0.25, -0.2) is 14.8 Å². The standard InChI is InChI=1S/C27H23N3O2/c31-27(32)25(17-22-9-5-2-6-10-22)30-26-18-24(28-19-29-26)23-15-13-21(14-16-23)12-11-20-7-3-1-4-8-20/h1-16,18-19,25H,17H2,(H,31,32)(H,28,29,30)/b12-11+. The maximum atomic E-state index is 11.8. The molecule has 32 heavy (non-hydrogen) atoms. The average Bonchev–Trinajstić information content (AvgIpc) is 2.84. The van der Waals surface area contributed by atoms with Gasteiger partial charge in [0.1, 0.15) is 18.2 Å². The van der Waals surface area contributed by atoms with Gasteiger partial charge in [0, 0.05) is 18.1 Å². The Morgan fingerprint density at radius 2 is 1.47 bits per heavy atom. The van der Waals surface area contributed by atoms with Gasteiger partial charge in [-0.3, -0.25) is 0 Å². The van der Waals surface area contributed by atoms with Gasteiger partial charge >= 0.3 is 5.97 Å². The maximum Gasteiger partial charge on any atom is 0.326 e. The number of hydrogen-bond donors (Lipinski definition) is 2. The zero-order chi connectivity index (χ0) is 22.2. The number of nitrogens with one attached hydrogen (secondary N) is 1. The number of aromatic nitrogens is 2. The molecule has 0 saturated carbocycles. The van der Waals surface area contributed by atoms with Crippen LogP contribution in [0.15, 0.2) is 97.3 Å². The molecule has 4 rings (SSSR count). The highest BCUT2D eigenvalue weighted by Gasteiger charge is 2.18. The Labute approximate surface area is 187 Å². The summed E-state index contributed by atoms with van der Waals surface area (Å²) < 4.78 is 0. The lowest BCUT2D eigenvalue weighted by atomic mass is 10.1. The van der Waals surface area contributed by atoms with Crippen LogP contribution in [0, 0.1) is 0 Å². The van der Waals surface area contributed by atoms with Crippen molar-refractivity contribution >= 4 is 23.9 Å². The van der Waals surface area contributed by atoms with Crippen LogP contribution in [0.4, 0.5) is 5.82 Å². The highest BCUT2D eigenvalue weighted by atomic mass is 16.4. The second kappa shape index (κ2) is 10.2. The first-order valence-corrected chi connectivity index (χ1v) is 10.4. The van der Waals surface area contributed by atoms with E-state index in [1.54, 1.807) is 6.07 Å². The number of rotatable bonds is 8. The van der Waals surface area contributed by atoms with Gasteiger partial charge in [0.15, 0.2) is 0 Å². The molecule has 5 heteroatoms. The Morgan fingerprint density at radius 3 is 2.12 bits per heavy atom. The lowest BCUT2D eigenvalue weighted by molar-refractivity contribution is -0.137. The van der Waals surface area contributed by atoms with E-state index < -0.39 is 12.0 Å². The topological polar surface area (TPSA) is 75.1 Å². The third-order valence-corrected chi connectivity index (χ3v) is 5.04. The molecule has 0 amide bonds. The molecule has 0 spiro atoms. The molecule has 2 N–H and O–H groups in total. The van der Waals surface area contributed by atoms with Crippen molar-refractivity contribution in [1.82, 2.24) is 9.97 Å². The largest absolute Gasteiger partial charge is 0.480 e. The fourth-order valence-electron chi connectivity index (χ4n) is 3.34. The molecule has 158 valence electrons. The van der Waals surface area contributed by atoms with E-state index >= 15 is 0 Å². The SMILES string of the molecule is O=C(O)C(Cc1ccccc1)Nc1cc(-c2ccc(/C=C/c3ccccc3)cc2)ncn1. The number of aliphatic carboxylic acids is 1. The molecular formula is C27H23N3O2. The molecule has 0 radical (unpaired) electrons. The molecular weight excluding hydrogens is 398 g/mol. The summed E-state index contributed by atoms with van der Waals surface area (Å²) in [6.45, 7) is 0. The summed E-state index contributed by atoms with van der Waals surface area (Å²) in [7, 11) is 0. The number of nitrogens with zero attached hydrogens (tertiary/aromatic N) is 2. The number of anilines is 1. The highest BCUT2D eigenvalue weighted by Crippen LogP contribution is 2.21. The Balaban J connectivity index is 1.47. The van der Waals surface area contributed by atoms with Gasteiger partial charge in [-0.15, -0.1) is 0 Å². The minimum atomic E-state index is -0.927. The first-order chi connectivity index (χ1) is 15.7. The summed E-state index contributed by atoms with van der Waals surface area (Å²) in [4.78, 5) is 20.3. The van der Waals surface area contributed by atoms with E-state index in [-0.39, 0.29) is 0 Å². The Kier molecular flexibility index (Phi) is 6.68. The minimum Gasteiger partial charge on any atom is -0.480 e. The molecule has 0 aliphatic rings. The molecule has 1 unspecified atom stereocenters. The monoisotopic (exact) mass is 421 g/mol. The van der Waals surface area contributed by atoms with Gasteiger partial charge in [0.05, 0.1) is 5.69 Å². The number of carboxylic acids is 1. The minimum absolute atomic E-state index is 0.359. The van der Waals surface area contributed by atoms with Crippen molar-refractivity contribution in [3.8, 4) is 11.3 Å². The summed E-state index contributed by atoms with van der Waals surface area (Å²) in [6, 6.07) is 28.7. The Bertz CT molecular complexity index is 1190. The quantitative estimate of drug-likeness (QED) is 0.372. The van der Waals surface area contributed by atoms with Crippen LogP contribution in [-0.4, -0.2) is 27.1 Å². The maximum absolute atomic E-state index is 11.8. The van der Waals surface area contributed by atoms with E-state index in [1.807, 2.05) is 72.8 Å². The van der Waals surface area contributed by atoms with Crippen LogP contribution >= 0.6 is 0 Å². The molecule has 1 aromatic heterocycles. The molecule has 1 atom stereocenters. The van der Waals surface area contributed by atoms with Crippen molar-refractivity contribution in [2.24, 2.45) is 0 Å². The Hall–Kier alpha value is -4.25. The molecule has 0 bridgehead atoms.